The van der Waals surface area contributed by atoms with Gasteiger partial charge in [0.2, 0.25) is 11.8 Å². The molecule has 31 heavy (non-hydrogen) atoms. The van der Waals surface area contributed by atoms with Crippen LogP contribution in [0.1, 0.15) is 17.2 Å². The highest BCUT2D eigenvalue weighted by atomic mass is 16.5. The Morgan fingerprint density at radius 3 is 2.58 bits per heavy atom. The summed E-state index contributed by atoms with van der Waals surface area (Å²) >= 11 is 0. The molecule has 0 fully saturated rings. The molecule has 10 nitrogen and oxygen atoms in total. The fourth-order valence-corrected chi connectivity index (χ4v) is 3.05. The van der Waals surface area contributed by atoms with E-state index in [4.69, 9.17) is 19.9 Å². The fraction of sp³-hybridized carbons (Fsp3) is 0.190. The summed E-state index contributed by atoms with van der Waals surface area (Å²) < 4.78 is 18.1. The van der Waals surface area contributed by atoms with Crippen molar-refractivity contribution >= 4 is 5.95 Å². The van der Waals surface area contributed by atoms with E-state index in [0.29, 0.717) is 47.0 Å². The van der Waals surface area contributed by atoms with Crippen molar-refractivity contribution in [3.05, 3.63) is 66.0 Å². The van der Waals surface area contributed by atoms with E-state index < -0.39 is 0 Å². The van der Waals surface area contributed by atoms with Crippen LogP contribution in [0.15, 0.2) is 48.8 Å². The highest BCUT2D eigenvalue weighted by molar-refractivity contribution is 5.44. The number of rotatable bonds is 7. The van der Waals surface area contributed by atoms with E-state index in [1.54, 1.807) is 56.4 Å². The first kappa shape index (κ1) is 20.1. The van der Waals surface area contributed by atoms with Crippen molar-refractivity contribution < 1.29 is 14.2 Å². The zero-order valence-electron chi connectivity index (χ0n) is 17.3. The fourth-order valence-electron chi connectivity index (χ4n) is 3.05. The van der Waals surface area contributed by atoms with Crippen LogP contribution in [0.2, 0.25) is 0 Å². The number of anilines is 1. The summed E-state index contributed by atoms with van der Waals surface area (Å²) in [7, 11) is 3.19. The molecular formula is C21H21N7O3. The number of aryl methyl sites for hydroxylation is 1. The number of hydrogen-bond acceptors (Lipinski definition) is 9. The molecule has 0 atom stereocenters. The van der Waals surface area contributed by atoms with E-state index in [1.807, 2.05) is 18.2 Å². The zero-order chi connectivity index (χ0) is 21.8. The van der Waals surface area contributed by atoms with Gasteiger partial charge in [0.05, 0.1) is 20.4 Å². The first-order valence-corrected chi connectivity index (χ1v) is 9.42. The molecule has 10 heteroatoms. The Morgan fingerprint density at radius 1 is 1.00 bits per heavy atom. The number of hydrogen-bond donors (Lipinski definition) is 1. The normalized spacial score (nSPS) is 10.7. The molecule has 0 bridgehead atoms. The molecule has 158 valence electrons. The molecule has 0 aliphatic rings. The van der Waals surface area contributed by atoms with Crippen molar-refractivity contribution in [3.63, 3.8) is 0 Å². The minimum absolute atomic E-state index is 0.140. The van der Waals surface area contributed by atoms with Crippen LogP contribution in [0.5, 0.6) is 23.1 Å². The van der Waals surface area contributed by atoms with E-state index in [1.165, 1.54) is 0 Å². The highest BCUT2D eigenvalue weighted by Crippen LogP contribution is 2.29. The molecule has 0 aliphatic heterocycles. The van der Waals surface area contributed by atoms with E-state index in [9.17, 15) is 0 Å². The quantitative estimate of drug-likeness (QED) is 0.481. The SMILES string of the molecule is COc1ccc(Cc2nc(N)nn2-c2cc(Oc3cccnc3)nc(C)n2)cc1OC. The van der Waals surface area contributed by atoms with Gasteiger partial charge in [-0.05, 0) is 36.8 Å². The number of aromatic nitrogens is 6. The number of nitrogens with two attached hydrogens (primary N) is 1. The van der Waals surface area contributed by atoms with E-state index in [-0.39, 0.29) is 5.95 Å². The molecule has 0 saturated carbocycles. The summed E-state index contributed by atoms with van der Waals surface area (Å²) in [6.45, 7) is 1.77. The maximum Gasteiger partial charge on any atom is 0.240 e. The number of nitrogen functional groups attached to an aromatic ring is 1. The summed E-state index contributed by atoms with van der Waals surface area (Å²) in [5, 5.41) is 4.31. The van der Waals surface area contributed by atoms with Crippen molar-refractivity contribution in [3.8, 4) is 28.9 Å². The van der Waals surface area contributed by atoms with Gasteiger partial charge in [-0.3, -0.25) is 4.98 Å². The van der Waals surface area contributed by atoms with Crippen molar-refractivity contribution in [2.24, 2.45) is 0 Å². The number of methoxy groups -OCH3 is 2. The predicted octanol–water partition coefficient (Wildman–Crippen LogP) is 2.74. The molecule has 0 spiro atoms. The lowest BCUT2D eigenvalue weighted by Crippen LogP contribution is -2.08. The second-order valence-corrected chi connectivity index (χ2v) is 6.57. The third-order valence-electron chi connectivity index (χ3n) is 4.38. The Morgan fingerprint density at radius 2 is 1.84 bits per heavy atom. The van der Waals surface area contributed by atoms with Gasteiger partial charge in [0, 0.05) is 18.7 Å². The van der Waals surface area contributed by atoms with Crippen LogP contribution in [-0.4, -0.2) is 43.9 Å². The zero-order valence-corrected chi connectivity index (χ0v) is 17.3. The van der Waals surface area contributed by atoms with Crippen LogP contribution in [0.4, 0.5) is 5.95 Å². The lowest BCUT2D eigenvalue weighted by Gasteiger charge is -2.11. The Balaban J connectivity index is 1.67. The molecule has 3 aromatic heterocycles. The Hall–Kier alpha value is -4.21. The minimum Gasteiger partial charge on any atom is -0.493 e. The summed E-state index contributed by atoms with van der Waals surface area (Å²) in [4.78, 5) is 17.2. The van der Waals surface area contributed by atoms with Gasteiger partial charge >= 0.3 is 0 Å². The second kappa shape index (κ2) is 8.66. The lowest BCUT2D eigenvalue weighted by molar-refractivity contribution is 0.354. The van der Waals surface area contributed by atoms with Gasteiger partial charge in [0.15, 0.2) is 17.3 Å². The minimum atomic E-state index is 0.140. The molecule has 2 N–H and O–H groups in total. The first-order chi connectivity index (χ1) is 15.1. The Labute approximate surface area is 178 Å². The van der Waals surface area contributed by atoms with Gasteiger partial charge in [-0.2, -0.15) is 14.6 Å². The summed E-state index contributed by atoms with van der Waals surface area (Å²) in [5.74, 6) is 3.96. The molecular weight excluding hydrogens is 398 g/mol. The van der Waals surface area contributed by atoms with Gasteiger partial charge < -0.3 is 19.9 Å². The second-order valence-electron chi connectivity index (χ2n) is 6.57. The van der Waals surface area contributed by atoms with Gasteiger partial charge in [-0.15, -0.1) is 5.10 Å². The molecule has 0 saturated heterocycles. The van der Waals surface area contributed by atoms with Crippen molar-refractivity contribution in [2.75, 3.05) is 20.0 Å². The predicted molar refractivity (Wildman–Crippen MR) is 113 cm³/mol. The number of benzene rings is 1. The lowest BCUT2D eigenvalue weighted by atomic mass is 10.1. The van der Waals surface area contributed by atoms with Crippen molar-refractivity contribution in [2.45, 2.75) is 13.3 Å². The van der Waals surface area contributed by atoms with Crippen LogP contribution in [0.25, 0.3) is 5.82 Å². The summed E-state index contributed by atoms with van der Waals surface area (Å²) in [5.41, 5.74) is 6.85. The molecule has 4 aromatic rings. The van der Waals surface area contributed by atoms with Gasteiger partial charge in [-0.25, -0.2) is 4.98 Å². The van der Waals surface area contributed by atoms with Crippen molar-refractivity contribution in [1.29, 1.82) is 0 Å². The molecule has 0 amide bonds. The molecule has 0 unspecified atom stereocenters. The van der Waals surface area contributed by atoms with Crippen LogP contribution < -0.4 is 19.9 Å². The average molecular weight is 419 g/mol. The first-order valence-electron chi connectivity index (χ1n) is 9.42. The average Bonchev–Trinajstić information content (AvgIpc) is 3.14. The summed E-state index contributed by atoms with van der Waals surface area (Å²) in [6.07, 6.45) is 3.72. The van der Waals surface area contributed by atoms with Gasteiger partial charge in [0.1, 0.15) is 17.4 Å². The van der Waals surface area contributed by atoms with Crippen LogP contribution in [0.3, 0.4) is 0 Å². The smallest absolute Gasteiger partial charge is 0.240 e. The Bertz CT molecular complexity index is 1200. The molecule has 1 aromatic carbocycles. The van der Waals surface area contributed by atoms with E-state index >= 15 is 0 Å². The number of nitrogens with zero attached hydrogens (tertiary/aromatic N) is 6. The third kappa shape index (κ3) is 4.53. The maximum absolute atomic E-state index is 5.90. The highest BCUT2D eigenvalue weighted by Gasteiger charge is 2.15. The Kier molecular flexibility index (Phi) is 5.61. The van der Waals surface area contributed by atoms with E-state index in [2.05, 4.69) is 25.0 Å². The number of pyridine rings is 1. The monoisotopic (exact) mass is 419 g/mol. The molecule has 0 aliphatic carbocycles. The standard InChI is InChI=1S/C21H21N7O3/c1-13-24-19(11-20(25-13)31-15-5-4-8-23-12-15)28-18(26-21(22)27-28)10-14-6-7-16(29-2)17(9-14)30-3/h4-9,11-12H,10H2,1-3H3,(H2,22,27). The van der Waals surface area contributed by atoms with Crippen LogP contribution in [0, 0.1) is 6.92 Å². The molecule has 4 rings (SSSR count). The van der Waals surface area contributed by atoms with Gasteiger partial charge in [0.25, 0.3) is 0 Å². The van der Waals surface area contributed by atoms with E-state index in [0.717, 1.165) is 5.56 Å². The van der Waals surface area contributed by atoms with Crippen LogP contribution >= 0.6 is 0 Å². The van der Waals surface area contributed by atoms with Crippen molar-refractivity contribution in [1.82, 2.24) is 29.7 Å². The maximum atomic E-state index is 5.90. The summed E-state index contributed by atoms with van der Waals surface area (Å²) in [6, 6.07) is 10.9. The third-order valence-corrected chi connectivity index (χ3v) is 4.38. The molecule has 0 radical (unpaired) electrons. The number of ether oxygens (including phenoxy) is 3. The van der Waals surface area contributed by atoms with Crippen LogP contribution in [-0.2, 0) is 6.42 Å². The largest absolute Gasteiger partial charge is 0.493 e. The van der Waals surface area contributed by atoms with Gasteiger partial charge in [-0.1, -0.05) is 6.07 Å². The topological polar surface area (TPSA) is 123 Å². The molecule has 3 heterocycles.